The van der Waals surface area contributed by atoms with E-state index in [1.54, 1.807) is 0 Å². The van der Waals surface area contributed by atoms with E-state index in [-0.39, 0.29) is 118 Å². The maximum absolute atomic E-state index is 11.7. The van der Waals surface area contributed by atoms with Crippen molar-refractivity contribution in [3.63, 3.8) is 0 Å². The quantitative estimate of drug-likeness (QED) is 0.0977. The molecule has 0 aromatic heterocycles. The molecule has 4 atom stereocenters. The molecule has 2 fully saturated rings. The first-order valence-corrected chi connectivity index (χ1v) is 9.47. The SMILES string of the molecule is C=C1C(=O)OC2C1CCC(C)=CCCC1(C)OC21.O=C([O-])P(=O)([O-])[O-].[Na+].[Na+].[Na+]. The van der Waals surface area contributed by atoms with E-state index in [1.807, 2.05) is 0 Å². The molecule has 2 aliphatic heterocycles. The van der Waals surface area contributed by atoms with Crippen molar-refractivity contribution in [3.05, 3.63) is 23.8 Å². The van der Waals surface area contributed by atoms with Crippen molar-refractivity contribution in [1.82, 2.24) is 0 Å². The molecule has 0 radical (unpaired) electrons. The van der Waals surface area contributed by atoms with Gasteiger partial charge in [-0.3, -0.25) is 0 Å². The van der Waals surface area contributed by atoms with Crippen LogP contribution in [-0.4, -0.2) is 29.5 Å². The van der Waals surface area contributed by atoms with Gasteiger partial charge in [0.2, 0.25) is 0 Å². The molecule has 0 aromatic rings. The number of carbonyl (C=O) groups excluding carboxylic acids is 2. The molecule has 3 aliphatic rings. The summed E-state index contributed by atoms with van der Waals surface area (Å²) in [6, 6.07) is 0. The van der Waals surface area contributed by atoms with Crippen LogP contribution in [-0.2, 0) is 18.8 Å². The summed E-state index contributed by atoms with van der Waals surface area (Å²) in [4.78, 5) is 39.0. The largest absolute Gasteiger partial charge is 1.00 e. The van der Waals surface area contributed by atoms with E-state index >= 15 is 0 Å². The van der Waals surface area contributed by atoms with E-state index in [1.165, 1.54) is 5.57 Å². The Labute approximate surface area is 230 Å². The standard InChI is InChI=1S/C15H20O3.CH3O5P.3Na/c1-9-5-4-8-15(3)13(18-15)12-11(7-6-9)10(2)14(16)17-12;2-1(3)7(4,5)6;;;/h5,11-13H,2,4,6-8H2,1,3H3;(H,2,3)(H2,4,5,6);;;/q;;3*+1/p-3. The molecule has 1 aliphatic carbocycles. The number of carbonyl (C=O) groups is 2. The van der Waals surface area contributed by atoms with Crippen molar-refractivity contribution in [3.8, 4) is 0 Å². The Hall–Kier alpha value is 1.53. The summed E-state index contributed by atoms with van der Waals surface area (Å²) in [5.74, 6) is -0.102. The van der Waals surface area contributed by atoms with E-state index in [4.69, 9.17) is 33.7 Å². The molecule has 0 amide bonds. The van der Waals surface area contributed by atoms with E-state index in [2.05, 4.69) is 26.5 Å². The Bertz CT molecular complexity index is 677. The average Bonchev–Trinajstić information content (AvgIpc) is 3.07. The molecule has 12 heteroatoms. The normalized spacial score (nSPS) is 30.9. The average molecular weight is 440 g/mol. The number of hydrogen-bond acceptors (Lipinski definition) is 8. The Morgan fingerprint density at radius 1 is 1.32 bits per heavy atom. The Morgan fingerprint density at radius 3 is 2.36 bits per heavy atom. The second-order valence-electron chi connectivity index (χ2n) is 6.74. The smallest absolute Gasteiger partial charge is 0.807 e. The van der Waals surface area contributed by atoms with Gasteiger partial charge < -0.3 is 33.7 Å². The van der Waals surface area contributed by atoms with Gasteiger partial charge in [-0.1, -0.05) is 18.2 Å². The van der Waals surface area contributed by atoms with E-state index in [9.17, 15) is 4.79 Å². The van der Waals surface area contributed by atoms with Crippen molar-refractivity contribution < 1.29 is 127 Å². The molecule has 140 valence electrons. The summed E-state index contributed by atoms with van der Waals surface area (Å²) < 4.78 is 20.5. The number of rotatable bonds is 1. The second kappa shape index (κ2) is 12.5. The zero-order chi connectivity index (χ0) is 19.0. The molecule has 0 N–H and O–H groups in total. The van der Waals surface area contributed by atoms with E-state index in [0.29, 0.717) is 5.57 Å². The minimum atomic E-state index is -5.43. The van der Waals surface area contributed by atoms with Crippen LogP contribution in [0.15, 0.2) is 23.8 Å². The minimum absolute atomic E-state index is 0. The van der Waals surface area contributed by atoms with Crippen LogP contribution in [0.1, 0.15) is 39.5 Å². The van der Waals surface area contributed by atoms with Gasteiger partial charge in [0.05, 0.1) is 11.3 Å². The predicted molar refractivity (Wildman–Crippen MR) is 81.0 cm³/mol. The number of ether oxygens (including phenoxy) is 2. The summed E-state index contributed by atoms with van der Waals surface area (Å²) >= 11 is 0. The summed E-state index contributed by atoms with van der Waals surface area (Å²) in [7, 11) is -5.43. The first-order valence-electron chi connectivity index (χ1n) is 7.92. The molecule has 3 rings (SSSR count). The summed E-state index contributed by atoms with van der Waals surface area (Å²) in [6.45, 7) is 8.17. The maximum atomic E-state index is 11.7. The third kappa shape index (κ3) is 8.23. The van der Waals surface area contributed by atoms with Crippen LogP contribution in [0, 0.1) is 5.92 Å². The monoisotopic (exact) mass is 440 g/mol. The van der Waals surface area contributed by atoms with Gasteiger partial charge in [-0.05, 0) is 47.1 Å². The zero-order valence-electron chi connectivity index (χ0n) is 17.1. The molecule has 8 nitrogen and oxygen atoms in total. The fourth-order valence-electron chi connectivity index (χ4n) is 3.20. The summed E-state index contributed by atoms with van der Waals surface area (Å²) in [6.07, 6.45) is 6.25. The second-order valence-corrected chi connectivity index (χ2v) is 8.10. The van der Waals surface area contributed by atoms with Crippen LogP contribution in [0.25, 0.3) is 0 Å². The van der Waals surface area contributed by atoms with Crippen LogP contribution in [0.5, 0.6) is 0 Å². The zero-order valence-corrected chi connectivity index (χ0v) is 24.0. The molecule has 0 aromatic carbocycles. The Balaban J connectivity index is 0. The van der Waals surface area contributed by atoms with Crippen LogP contribution in [0.2, 0.25) is 0 Å². The third-order valence-electron chi connectivity index (χ3n) is 4.80. The number of fused-ring (bicyclic) bond motifs is 3. The molecule has 2 heterocycles. The molecule has 0 bridgehead atoms. The number of epoxide rings is 1. The molecular formula is C16H20Na3O8P. The van der Waals surface area contributed by atoms with Crippen LogP contribution in [0.4, 0.5) is 4.79 Å². The number of carboxylic acid groups (broad SMARTS) is 1. The fourth-order valence-corrected chi connectivity index (χ4v) is 3.20. The van der Waals surface area contributed by atoms with Gasteiger partial charge >= 0.3 is 94.6 Å². The first kappa shape index (κ1) is 31.7. The van der Waals surface area contributed by atoms with Crippen LogP contribution >= 0.6 is 7.60 Å². The third-order valence-corrected chi connectivity index (χ3v) is 5.24. The first-order chi connectivity index (χ1) is 11.5. The Morgan fingerprint density at radius 2 is 1.86 bits per heavy atom. The summed E-state index contributed by atoms with van der Waals surface area (Å²) in [5, 5.41) is 9.02. The molecule has 0 spiro atoms. The van der Waals surface area contributed by atoms with Gasteiger partial charge in [0.15, 0.2) is 0 Å². The van der Waals surface area contributed by atoms with Gasteiger partial charge in [-0.2, -0.15) is 0 Å². The predicted octanol–water partition coefficient (Wildman–Crippen LogP) is -8.98. The van der Waals surface area contributed by atoms with E-state index < -0.39 is 13.3 Å². The number of esters is 1. The van der Waals surface area contributed by atoms with E-state index in [0.717, 1.165) is 25.7 Å². The molecule has 0 saturated carbocycles. The Kier molecular flexibility index (Phi) is 14.2. The van der Waals surface area contributed by atoms with Crippen molar-refractivity contribution in [2.24, 2.45) is 5.92 Å². The molecule has 2 saturated heterocycles. The number of hydrogen-bond donors (Lipinski definition) is 0. The van der Waals surface area contributed by atoms with Crippen molar-refractivity contribution in [2.45, 2.75) is 57.3 Å². The topological polar surface area (TPSA) is 142 Å². The van der Waals surface area contributed by atoms with Crippen molar-refractivity contribution in [2.75, 3.05) is 0 Å². The van der Waals surface area contributed by atoms with Gasteiger partial charge in [0.25, 0.3) is 0 Å². The van der Waals surface area contributed by atoms with Gasteiger partial charge in [-0.15, -0.1) is 0 Å². The molecular weight excluding hydrogens is 420 g/mol. The van der Waals surface area contributed by atoms with Gasteiger partial charge in [0, 0.05) is 11.5 Å². The van der Waals surface area contributed by atoms with Crippen molar-refractivity contribution >= 4 is 19.3 Å². The molecule has 28 heavy (non-hydrogen) atoms. The minimum Gasteiger partial charge on any atom is -0.807 e. The maximum Gasteiger partial charge on any atom is 1.00 e. The van der Waals surface area contributed by atoms with Gasteiger partial charge in [0.1, 0.15) is 12.2 Å². The number of allylic oxidation sites excluding steroid dienone is 2. The molecule has 4 unspecified atom stereocenters. The van der Waals surface area contributed by atoms with Crippen LogP contribution < -0.4 is 104 Å². The van der Waals surface area contributed by atoms with Crippen LogP contribution in [0.3, 0.4) is 0 Å². The van der Waals surface area contributed by atoms with Gasteiger partial charge in [-0.25, -0.2) is 4.79 Å². The summed E-state index contributed by atoms with van der Waals surface area (Å²) in [5.41, 5.74) is -0.649. The van der Waals surface area contributed by atoms with Crippen molar-refractivity contribution in [1.29, 1.82) is 0 Å². The fraction of sp³-hybridized carbons (Fsp3) is 0.625.